The number of halogens is 1. The highest BCUT2D eigenvalue weighted by molar-refractivity contribution is 7.98. The molecule has 0 N–H and O–H groups in total. The van der Waals surface area contributed by atoms with Crippen LogP contribution in [-0.2, 0) is 5.75 Å². The minimum absolute atomic E-state index is 0.295. The van der Waals surface area contributed by atoms with Crippen molar-refractivity contribution in [1.82, 2.24) is 10.1 Å². The smallest absolute Gasteiger partial charge is 0.257 e. The summed E-state index contributed by atoms with van der Waals surface area (Å²) in [6, 6.07) is 13.4. The molecule has 0 unspecified atom stereocenters. The van der Waals surface area contributed by atoms with E-state index in [-0.39, 0.29) is 5.82 Å². The largest absolute Gasteiger partial charge is 0.497 e. The van der Waals surface area contributed by atoms with E-state index in [2.05, 4.69) is 10.1 Å². The Morgan fingerprint density at radius 1 is 1.04 bits per heavy atom. The fourth-order valence-electron chi connectivity index (χ4n) is 2.08. The lowest BCUT2D eigenvalue weighted by atomic mass is 10.2. The predicted molar refractivity (Wildman–Crippen MR) is 94.3 cm³/mol. The molecule has 130 valence electrons. The van der Waals surface area contributed by atoms with Crippen LogP contribution in [0.4, 0.5) is 4.39 Å². The first-order chi connectivity index (χ1) is 12.2. The van der Waals surface area contributed by atoms with Crippen molar-refractivity contribution in [1.29, 1.82) is 0 Å². The molecule has 5 nitrogen and oxygen atoms in total. The molecule has 7 heteroatoms. The molecular formula is C18H17FN2O3S. The van der Waals surface area contributed by atoms with E-state index >= 15 is 0 Å². The van der Waals surface area contributed by atoms with Crippen LogP contribution in [0.15, 0.2) is 53.1 Å². The Bertz CT molecular complexity index is 791. The molecule has 0 aliphatic heterocycles. The summed E-state index contributed by atoms with van der Waals surface area (Å²) in [5, 5.41) is 3.93. The molecule has 2 aromatic carbocycles. The predicted octanol–water partition coefficient (Wildman–Crippen LogP) is 4.20. The van der Waals surface area contributed by atoms with Crippen LogP contribution < -0.4 is 9.47 Å². The Labute approximate surface area is 149 Å². The second-order valence-electron chi connectivity index (χ2n) is 5.10. The molecule has 0 fully saturated rings. The van der Waals surface area contributed by atoms with Gasteiger partial charge in [0.05, 0.1) is 19.5 Å². The lowest BCUT2D eigenvalue weighted by molar-refractivity contribution is 0.342. The maximum Gasteiger partial charge on any atom is 0.257 e. The molecule has 0 saturated carbocycles. The summed E-state index contributed by atoms with van der Waals surface area (Å²) in [5.74, 6) is 3.73. The molecule has 0 radical (unpaired) electrons. The van der Waals surface area contributed by atoms with E-state index in [0.717, 1.165) is 17.3 Å². The Balaban J connectivity index is 1.41. The van der Waals surface area contributed by atoms with E-state index in [4.69, 9.17) is 14.0 Å². The summed E-state index contributed by atoms with van der Waals surface area (Å²) in [5.41, 5.74) is 0.702. The van der Waals surface area contributed by atoms with Crippen molar-refractivity contribution in [2.75, 3.05) is 19.5 Å². The van der Waals surface area contributed by atoms with Gasteiger partial charge in [0.2, 0.25) is 0 Å². The minimum Gasteiger partial charge on any atom is -0.497 e. The van der Waals surface area contributed by atoms with Gasteiger partial charge in [-0.2, -0.15) is 16.7 Å². The fraction of sp³-hybridized carbons (Fsp3) is 0.222. The molecule has 0 aliphatic carbocycles. The second kappa shape index (κ2) is 8.53. The molecule has 3 rings (SSSR count). The minimum atomic E-state index is -0.295. The van der Waals surface area contributed by atoms with Gasteiger partial charge in [-0.25, -0.2) is 4.39 Å². The molecule has 0 aliphatic rings. The lowest BCUT2D eigenvalue weighted by Gasteiger charge is -2.06. The van der Waals surface area contributed by atoms with Gasteiger partial charge in [-0.1, -0.05) is 5.16 Å². The van der Waals surface area contributed by atoms with E-state index in [1.807, 2.05) is 24.3 Å². The van der Waals surface area contributed by atoms with Gasteiger partial charge in [0, 0.05) is 11.3 Å². The number of ether oxygens (including phenoxy) is 2. The van der Waals surface area contributed by atoms with Crippen LogP contribution in [0.3, 0.4) is 0 Å². The number of thioether (sulfide) groups is 1. The average Bonchev–Trinajstić information content (AvgIpc) is 3.11. The van der Waals surface area contributed by atoms with Crippen LogP contribution in [0.1, 0.15) is 5.82 Å². The van der Waals surface area contributed by atoms with Crippen molar-refractivity contribution < 1.29 is 18.4 Å². The summed E-state index contributed by atoms with van der Waals surface area (Å²) in [7, 11) is 1.63. The maximum absolute atomic E-state index is 12.9. The van der Waals surface area contributed by atoms with Crippen molar-refractivity contribution in [3.05, 3.63) is 60.2 Å². The highest BCUT2D eigenvalue weighted by Gasteiger charge is 2.08. The standard InChI is InChI=1S/C18H17FN2O3S/c1-22-15-6-8-16(9-7-15)23-10-11-25-12-17-20-18(24-21-17)13-2-4-14(19)5-3-13/h2-9H,10-12H2,1H3. The molecular weight excluding hydrogens is 343 g/mol. The lowest BCUT2D eigenvalue weighted by Crippen LogP contribution is -2.00. The van der Waals surface area contributed by atoms with Crippen LogP contribution >= 0.6 is 11.8 Å². The highest BCUT2D eigenvalue weighted by atomic mass is 32.2. The summed E-state index contributed by atoms with van der Waals surface area (Å²) in [6.45, 7) is 0.583. The van der Waals surface area contributed by atoms with Gasteiger partial charge >= 0.3 is 0 Å². The van der Waals surface area contributed by atoms with Crippen molar-refractivity contribution in [3.63, 3.8) is 0 Å². The van der Waals surface area contributed by atoms with E-state index in [1.54, 1.807) is 31.0 Å². The number of benzene rings is 2. The van der Waals surface area contributed by atoms with Gasteiger partial charge in [-0.3, -0.25) is 0 Å². The van der Waals surface area contributed by atoms with Crippen molar-refractivity contribution in [2.24, 2.45) is 0 Å². The first kappa shape index (κ1) is 17.3. The van der Waals surface area contributed by atoms with Crippen molar-refractivity contribution in [2.45, 2.75) is 5.75 Å². The molecule has 0 atom stereocenters. The number of aromatic nitrogens is 2. The third-order valence-corrected chi connectivity index (χ3v) is 4.26. The first-order valence-electron chi connectivity index (χ1n) is 7.68. The van der Waals surface area contributed by atoms with E-state index in [0.29, 0.717) is 29.6 Å². The summed E-state index contributed by atoms with van der Waals surface area (Å²) in [6.07, 6.45) is 0. The number of methoxy groups -OCH3 is 1. The quantitative estimate of drug-likeness (QED) is 0.561. The van der Waals surface area contributed by atoms with E-state index in [9.17, 15) is 4.39 Å². The first-order valence-corrected chi connectivity index (χ1v) is 8.83. The Kier molecular flexibility index (Phi) is 5.90. The fourth-order valence-corrected chi connectivity index (χ4v) is 2.72. The third-order valence-electron chi connectivity index (χ3n) is 3.35. The summed E-state index contributed by atoms with van der Waals surface area (Å²) in [4.78, 5) is 4.31. The Hall–Kier alpha value is -2.54. The van der Waals surface area contributed by atoms with Gasteiger partial charge in [0.1, 0.15) is 17.3 Å². The van der Waals surface area contributed by atoms with Crippen LogP contribution in [0.25, 0.3) is 11.5 Å². The number of hydrogen-bond acceptors (Lipinski definition) is 6. The zero-order chi connectivity index (χ0) is 17.5. The van der Waals surface area contributed by atoms with Crippen LogP contribution in [-0.4, -0.2) is 29.6 Å². The van der Waals surface area contributed by atoms with E-state index in [1.165, 1.54) is 12.1 Å². The molecule has 25 heavy (non-hydrogen) atoms. The molecule has 0 spiro atoms. The SMILES string of the molecule is COc1ccc(OCCSCc2noc(-c3ccc(F)cc3)n2)cc1. The van der Waals surface area contributed by atoms with Gasteiger partial charge < -0.3 is 14.0 Å². The van der Waals surface area contributed by atoms with Gasteiger partial charge in [-0.15, -0.1) is 0 Å². The highest BCUT2D eigenvalue weighted by Crippen LogP contribution is 2.20. The van der Waals surface area contributed by atoms with Crippen LogP contribution in [0, 0.1) is 5.82 Å². The topological polar surface area (TPSA) is 57.4 Å². The average molecular weight is 360 g/mol. The summed E-state index contributed by atoms with van der Waals surface area (Å²) >= 11 is 1.65. The molecule has 0 amide bonds. The van der Waals surface area contributed by atoms with Gasteiger partial charge in [0.25, 0.3) is 5.89 Å². The van der Waals surface area contributed by atoms with Crippen LogP contribution in [0.2, 0.25) is 0 Å². The van der Waals surface area contributed by atoms with Crippen LogP contribution in [0.5, 0.6) is 11.5 Å². The third kappa shape index (κ3) is 4.96. The van der Waals surface area contributed by atoms with Crippen molar-refractivity contribution >= 4 is 11.8 Å². The molecule has 1 heterocycles. The number of hydrogen-bond donors (Lipinski definition) is 0. The summed E-state index contributed by atoms with van der Waals surface area (Å²) < 4.78 is 28.9. The molecule has 0 saturated heterocycles. The maximum atomic E-state index is 12.9. The zero-order valence-electron chi connectivity index (χ0n) is 13.6. The monoisotopic (exact) mass is 360 g/mol. The normalized spacial score (nSPS) is 10.6. The van der Waals surface area contributed by atoms with Crippen molar-refractivity contribution in [3.8, 4) is 23.0 Å². The molecule has 0 bridgehead atoms. The molecule has 1 aromatic heterocycles. The van der Waals surface area contributed by atoms with E-state index < -0.39 is 0 Å². The zero-order valence-corrected chi connectivity index (χ0v) is 14.5. The van der Waals surface area contributed by atoms with Gasteiger partial charge in [0.15, 0.2) is 5.82 Å². The van der Waals surface area contributed by atoms with Gasteiger partial charge in [-0.05, 0) is 48.5 Å². The number of nitrogens with zero attached hydrogens (tertiary/aromatic N) is 2. The molecule has 3 aromatic rings. The Morgan fingerprint density at radius 3 is 2.48 bits per heavy atom. The second-order valence-corrected chi connectivity index (χ2v) is 6.20. The number of rotatable bonds is 8. The Morgan fingerprint density at radius 2 is 1.76 bits per heavy atom.